The lowest BCUT2D eigenvalue weighted by Crippen LogP contribution is -2.30. The normalized spacial score (nSPS) is 12.7. The maximum Gasteiger partial charge on any atom is 0.306 e. The second-order valence-corrected chi connectivity index (χ2v) is 23.8. The zero-order valence-corrected chi connectivity index (χ0v) is 54.9. The van der Waals surface area contributed by atoms with Crippen LogP contribution in [0.5, 0.6) is 0 Å². The van der Waals surface area contributed by atoms with Crippen molar-refractivity contribution in [1.82, 2.24) is 0 Å². The standard InChI is InChI=1S/C77H134O6/c1-4-7-10-13-16-19-22-25-28-31-32-33-34-35-36-37-38-39-40-41-42-43-44-45-46-47-50-52-55-58-61-64-67-70-76(79)82-73-74(83-77(80)71-68-65-62-59-56-53-49-30-27-24-21-18-15-12-9-6-3)72-81-75(78)69-66-63-60-57-54-51-48-29-26-23-20-17-14-11-8-5-2/h7,10,16,19,25,28,32-33,35-36,38-39,41-42,44-45,74H,4-6,8-9,11-15,17-18,20-24,26-27,29-31,34,37,40,43,46-73H2,1-3H3/b10-7-,19-16-,28-25-,33-32-,36-35-,39-38-,42-41-,45-44-. The minimum Gasteiger partial charge on any atom is -0.462 e. The van der Waals surface area contributed by atoms with Gasteiger partial charge < -0.3 is 14.2 Å². The molecule has 0 aliphatic rings. The highest BCUT2D eigenvalue weighted by Gasteiger charge is 2.19. The van der Waals surface area contributed by atoms with E-state index in [0.717, 1.165) is 116 Å². The molecule has 1 unspecified atom stereocenters. The number of ether oxygens (including phenoxy) is 3. The van der Waals surface area contributed by atoms with Crippen molar-refractivity contribution < 1.29 is 28.6 Å². The van der Waals surface area contributed by atoms with Gasteiger partial charge in [-0.1, -0.05) is 349 Å². The first-order valence-electron chi connectivity index (χ1n) is 35.7. The van der Waals surface area contributed by atoms with Crippen LogP contribution in [-0.2, 0) is 28.6 Å². The summed E-state index contributed by atoms with van der Waals surface area (Å²) >= 11 is 0. The summed E-state index contributed by atoms with van der Waals surface area (Å²) in [6.07, 6.45) is 95.7. The molecule has 0 saturated carbocycles. The number of carbonyl (C=O) groups is 3. The third-order valence-corrected chi connectivity index (χ3v) is 15.6. The van der Waals surface area contributed by atoms with Crippen LogP contribution in [0, 0.1) is 0 Å². The molecule has 0 spiro atoms. The minimum absolute atomic E-state index is 0.0738. The lowest BCUT2D eigenvalue weighted by atomic mass is 10.0. The molecule has 6 nitrogen and oxygen atoms in total. The second kappa shape index (κ2) is 70.8. The summed E-state index contributed by atoms with van der Waals surface area (Å²) in [6.45, 7) is 6.57. The summed E-state index contributed by atoms with van der Waals surface area (Å²) < 4.78 is 17.0. The highest BCUT2D eigenvalue weighted by Crippen LogP contribution is 2.18. The number of unbranched alkanes of at least 4 members (excludes halogenated alkanes) is 38. The van der Waals surface area contributed by atoms with Crippen LogP contribution < -0.4 is 0 Å². The largest absolute Gasteiger partial charge is 0.462 e. The molecule has 0 aromatic carbocycles. The van der Waals surface area contributed by atoms with Crippen LogP contribution in [0.4, 0.5) is 0 Å². The van der Waals surface area contributed by atoms with E-state index in [4.69, 9.17) is 14.2 Å². The molecule has 0 bridgehead atoms. The topological polar surface area (TPSA) is 78.9 Å². The van der Waals surface area contributed by atoms with Gasteiger partial charge in [-0.2, -0.15) is 0 Å². The molecule has 0 heterocycles. The van der Waals surface area contributed by atoms with Crippen molar-refractivity contribution in [3.63, 3.8) is 0 Å². The summed E-state index contributed by atoms with van der Waals surface area (Å²) in [4.78, 5) is 38.4. The summed E-state index contributed by atoms with van der Waals surface area (Å²) in [6, 6.07) is 0. The summed E-state index contributed by atoms with van der Waals surface area (Å²) in [5.74, 6) is -0.861. The average Bonchev–Trinajstić information content (AvgIpc) is 3.49. The van der Waals surface area contributed by atoms with E-state index in [1.165, 1.54) is 199 Å². The predicted octanol–water partition coefficient (Wildman–Crippen LogP) is 24.8. The summed E-state index contributed by atoms with van der Waals surface area (Å²) in [7, 11) is 0. The average molecular weight is 1160 g/mol. The lowest BCUT2D eigenvalue weighted by Gasteiger charge is -2.18. The van der Waals surface area contributed by atoms with Crippen LogP contribution in [0.2, 0.25) is 0 Å². The Morgan fingerprint density at radius 2 is 0.470 bits per heavy atom. The maximum atomic E-state index is 12.9. The van der Waals surface area contributed by atoms with Crippen LogP contribution >= 0.6 is 0 Å². The SMILES string of the molecule is CC/C=C\C/C=C\C/C=C\C/C=C\C/C=C\C/C=C\C/C=C\C/C=C\CCCCCCCCCCC(=O)OCC(COC(=O)CCCCCCCCCCCCCCCCCC)OC(=O)CCCCCCCCCCCCCCCCCC. The molecule has 0 aliphatic heterocycles. The third-order valence-electron chi connectivity index (χ3n) is 15.6. The van der Waals surface area contributed by atoms with Crippen molar-refractivity contribution in [3.8, 4) is 0 Å². The van der Waals surface area contributed by atoms with Crippen LogP contribution in [-0.4, -0.2) is 37.2 Å². The van der Waals surface area contributed by atoms with Gasteiger partial charge in [0, 0.05) is 19.3 Å². The molecule has 0 amide bonds. The van der Waals surface area contributed by atoms with Gasteiger partial charge in [0.1, 0.15) is 13.2 Å². The Balaban J connectivity index is 4.28. The lowest BCUT2D eigenvalue weighted by molar-refractivity contribution is -0.167. The van der Waals surface area contributed by atoms with Crippen molar-refractivity contribution >= 4 is 17.9 Å². The van der Waals surface area contributed by atoms with Crippen LogP contribution in [0.25, 0.3) is 0 Å². The van der Waals surface area contributed by atoms with E-state index in [0.29, 0.717) is 19.3 Å². The van der Waals surface area contributed by atoms with Crippen LogP contribution in [0.15, 0.2) is 97.2 Å². The first-order chi connectivity index (χ1) is 41.0. The second-order valence-electron chi connectivity index (χ2n) is 23.8. The Kier molecular flexibility index (Phi) is 67.7. The zero-order chi connectivity index (χ0) is 59.9. The Morgan fingerprint density at radius 1 is 0.253 bits per heavy atom. The molecule has 0 saturated heterocycles. The van der Waals surface area contributed by atoms with Gasteiger partial charge in [-0.3, -0.25) is 14.4 Å². The van der Waals surface area contributed by atoms with E-state index >= 15 is 0 Å². The fourth-order valence-corrected chi connectivity index (χ4v) is 10.3. The number of hydrogen-bond donors (Lipinski definition) is 0. The van der Waals surface area contributed by atoms with Gasteiger partial charge in [0.15, 0.2) is 6.10 Å². The molecule has 6 heteroatoms. The Bertz CT molecular complexity index is 1610. The fraction of sp³-hybridized carbons (Fsp3) is 0.753. The molecule has 0 N–H and O–H groups in total. The summed E-state index contributed by atoms with van der Waals surface area (Å²) in [5, 5.41) is 0. The van der Waals surface area contributed by atoms with Gasteiger partial charge in [0.05, 0.1) is 0 Å². The van der Waals surface area contributed by atoms with E-state index in [2.05, 4.69) is 118 Å². The van der Waals surface area contributed by atoms with Gasteiger partial charge in [0.25, 0.3) is 0 Å². The zero-order valence-electron chi connectivity index (χ0n) is 54.9. The van der Waals surface area contributed by atoms with Gasteiger partial charge >= 0.3 is 17.9 Å². The Morgan fingerprint density at radius 3 is 0.735 bits per heavy atom. The fourth-order valence-electron chi connectivity index (χ4n) is 10.3. The highest BCUT2D eigenvalue weighted by molar-refractivity contribution is 5.71. The van der Waals surface area contributed by atoms with E-state index < -0.39 is 6.10 Å². The quantitative estimate of drug-likeness (QED) is 0.0261. The smallest absolute Gasteiger partial charge is 0.306 e. The van der Waals surface area contributed by atoms with Crippen LogP contribution in [0.3, 0.4) is 0 Å². The predicted molar refractivity (Wildman–Crippen MR) is 362 cm³/mol. The molecule has 478 valence electrons. The van der Waals surface area contributed by atoms with Gasteiger partial charge in [-0.15, -0.1) is 0 Å². The molecule has 0 aromatic rings. The molecular formula is C77H134O6. The van der Waals surface area contributed by atoms with Crippen molar-refractivity contribution in [1.29, 1.82) is 0 Å². The number of rotatable bonds is 65. The number of carbonyl (C=O) groups excluding carboxylic acids is 3. The number of allylic oxidation sites excluding steroid dienone is 16. The van der Waals surface area contributed by atoms with Crippen LogP contribution in [0.1, 0.15) is 355 Å². The van der Waals surface area contributed by atoms with Crippen molar-refractivity contribution in [2.45, 2.75) is 361 Å². The Hall–Kier alpha value is -3.67. The third kappa shape index (κ3) is 69.0. The molecule has 0 radical (unpaired) electrons. The van der Waals surface area contributed by atoms with E-state index in [9.17, 15) is 14.4 Å². The Labute approximate surface area is 515 Å². The first kappa shape index (κ1) is 79.3. The first-order valence-corrected chi connectivity index (χ1v) is 35.7. The number of hydrogen-bond acceptors (Lipinski definition) is 6. The van der Waals surface area contributed by atoms with Gasteiger partial charge in [0.2, 0.25) is 0 Å². The van der Waals surface area contributed by atoms with Crippen molar-refractivity contribution in [3.05, 3.63) is 97.2 Å². The highest BCUT2D eigenvalue weighted by atomic mass is 16.6. The van der Waals surface area contributed by atoms with Gasteiger partial charge in [-0.25, -0.2) is 0 Å². The van der Waals surface area contributed by atoms with E-state index in [1.54, 1.807) is 0 Å². The minimum atomic E-state index is -0.779. The van der Waals surface area contributed by atoms with E-state index in [1.807, 2.05) is 0 Å². The van der Waals surface area contributed by atoms with Crippen molar-refractivity contribution in [2.75, 3.05) is 13.2 Å². The molecule has 0 aromatic heterocycles. The maximum absolute atomic E-state index is 12.9. The van der Waals surface area contributed by atoms with E-state index in [-0.39, 0.29) is 31.1 Å². The molecule has 0 rings (SSSR count). The molecule has 0 aliphatic carbocycles. The molecule has 1 atom stereocenters. The monoisotopic (exact) mass is 1160 g/mol. The van der Waals surface area contributed by atoms with Crippen molar-refractivity contribution in [2.24, 2.45) is 0 Å². The number of esters is 3. The molecule has 0 fully saturated rings. The molecular weight excluding hydrogens is 1020 g/mol. The summed E-state index contributed by atoms with van der Waals surface area (Å²) in [5.41, 5.74) is 0. The molecule has 83 heavy (non-hydrogen) atoms. The van der Waals surface area contributed by atoms with Gasteiger partial charge in [-0.05, 0) is 83.5 Å².